The van der Waals surface area contributed by atoms with Crippen LogP contribution in [0.4, 0.5) is 0 Å². The number of ether oxygens (including phenoxy) is 1. The third-order valence-corrected chi connectivity index (χ3v) is 4.03. The number of carbonyl (C=O) groups excluding carboxylic acids is 2. The molecule has 1 amide bonds. The lowest BCUT2D eigenvalue weighted by molar-refractivity contribution is -0.142. The Kier molecular flexibility index (Phi) is 10.6. The van der Waals surface area contributed by atoms with E-state index >= 15 is 0 Å². The molecule has 0 saturated carbocycles. The molecule has 0 aliphatic carbocycles. The first kappa shape index (κ1) is 20.2. The molecule has 0 atom stereocenters. The van der Waals surface area contributed by atoms with E-state index < -0.39 is 0 Å². The molecule has 1 N–H and O–H groups in total. The highest BCUT2D eigenvalue weighted by atomic mass is 16.5. The Bertz CT molecular complexity index is 482. The monoisotopic (exact) mass is 333 g/mol. The van der Waals surface area contributed by atoms with Gasteiger partial charge in [-0.25, -0.2) is 0 Å². The van der Waals surface area contributed by atoms with E-state index in [-0.39, 0.29) is 18.4 Å². The maximum Gasteiger partial charge on any atom is 0.325 e. The fraction of sp³-hybridized carbons (Fsp3) is 0.600. The van der Waals surface area contributed by atoms with Crippen molar-refractivity contribution in [2.45, 2.75) is 65.2 Å². The van der Waals surface area contributed by atoms with Crippen LogP contribution in [0, 0.1) is 0 Å². The van der Waals surface area contributed by atoms with E-state index in [9.17, 15) is 9.59 Å². The minimum atomic E-state index is -0.375. The number of amides is 1. The summed E-state index contributed by atoms with van der Waals surface area (Å²) in [5.74, 6) is -0.620. The minimum Gasteiger partial charge on any atom is -0.464 e. The largest absolute Gasteiger partial charge is 0.464 e. The highest BCUT2D eigenvalue weighted by molar-refractivity contribution is 5.95. The van der Waals surface area contributed by atoms with Gasteiger partial charge in [0.05, 0.1) is 6.61 Å². The number of benzene rings is 1. The Morgan fingerprint density at radius 1 is 0.917 bits per heavy atom. The summed E-state index contributed by atoms with van der Waals surface area (Å²) in [5, 5.41) is 2.60. The first-order valence-corrected chi connectivity index (χ1v) is 9.20. The van der Waals surface area contributed by atoms with Gasteiger partial charge in [0, 0.05) is 5.56 Å². The van der Waals surface area contributed by atoms with E-state index in [2.05, 4.69) is 19.2 Å². The van der Waals surface area contributed by atoms with Gasteiger partial charge in [-0.1, -0.05) is 64.5 Å². The lowest BCUT2D eigenvalue weighted by Crippen LogP contribution is -2.30. The first-order chi connectivity index (χ1) is 11.7. The van der Waals surface area contributed by atoms with Gasteiger partial charge >= 0.3 is 5.97 Å². The minimum absolute atomic E-state index is 0.0785. The van der Waals surface area contributed by atoms with Crippen LogP contribution in [-0.2, 0) is 16.0 Å². The number of carbonyl (C=O) groups is 2. The molecule has 0 bridgehead atoms. The Balaban J connectivity index is 2.09. The summed E-state index contributed by atoms with van der Waals surface area (Å²) in [6.07, 6.45) is 9.23. The molecule has 134 valence electrons. The lowest BCUT2D eigenvalue weighted by atomic mass is 10.1. The smallest absolute Gasteiger partial charge is 0.325 e. The number of hydrogen-bond acceptors (Lipinski definition) is 3. The number of rotatable bonds is 12. The molecule has 0 heterocycles. The van der Waals surface area contributed by atoms with E-state index in [1.54, 1.807) is 12.1 Å². The molecular weight excluding hydrogens is 302 g/mol. The van der Waals surface area contributed by atoms with Gasteiger partial charge in [-0.2, -0.15) is 0 Å². The van der Waals surface area contributed by atoms with Gasteiger partial charge in [0.25, 0.3) is 5.91 Å². The van der Waals surface area contributed by atoms with Crippen molar-refractivity contribution in [1.82, 2.24) is 5.32 Å². The van der Waals surface area contributed by atoms with Crippen LogP contribution < -0.4 is 5.32 Å². The van der Waals surface area contributed by atoms with Gasteiger partial charge in [0.1, 0.15) is 6.54 Å². The van der Waals surface area contributed by atoms with Crippen molar-refractivity contribution in [3.05, 3.63) is 35.4 Å². The van der Waals surface area contributed by atoms with E-state index in [0.29, 0.717) is 12.2 Å². The predicted octanol–water partition coefficient (Wildman–Crippen LogP) is 4.27. The average Bonchev–Trinajstić information content (AvgIpc) is 2.62. The quantitative estimate of drug-likeness (QED) is 0.459. The van der Waals surface area contributed by atoms with Crippen molar-refractivity contribution in [2.24, 2.45) is 0 Å². The molecule has 0 aliphatic heterocycles. The SMILES string of the molecule is CCCCCCCCCOC(=O)CNC(=O)c1ccc(CC)cc1. The number of unbranched alkanes of at least 4 members (excludes halogenated alkanes) is 6. The van der Waals surface area contributed by atoms with Gasteiger partial charge in [-0.05, 0) is 30.5 Å². The average molecular weight is 333 g/mol. The highest BCUT2D eigenvalue weighted by Crippen LogP contribution is 2.07. The van der Waals surface area contributed by atoms with Crippen LogP contribution in [0.25, 0.3) is 0 Å². The fourth-order valence-electron chi connectivity index (χ4n) is 2.44. The van der Waals surface area contributed by atoms with E-state index in [0.717, 1.165) is 19.3 Å². The summed E-state index contributed by atoms with van der Waals surface area (Å²) in [5.41, 5.74) is 1.74. The predicted molar refractivity (Wildman–Crippen MR) is 97.1 cm³/mol. The van der Waals surface area contributed by atoms with Crippen LogP contribution in [0.5, 0.6) is 0 Å². The van der Waals surface area contributed by atoms with Crippen molar-refractivity contribution < 1.29 is 14.3 Å². The third kappa shape index (κ3) is 8.70. The number of hydrogen-bond donors (Lipinski definition) is 1. The fourth-order valence-corrected chi connectivity index (χ4v) is 2.44. The molecule has 0 fully saturated rings. The van der Waals surface area contributed by atoms with Crippen LogP contribution in [0.3, 0.4) is 0 Å². The van der Waals surface area contributed by atoms with Crippen LogP contribution in [-0.4, -0.2) is 25.0 Å². The van der Waals surface area contributed by atoms with Crippen LogP contribution >= 0.6 is 0 Å². The molecule has 0 aromatic heterocycles. The Morgan fingerprint density at radius 3 is 2.17 bits per heavy atom. The zero-order valence-corrected chi connectivity index (χ0v) is 15.1. The van der Waals surface area contributed by atoms with Crippen molar-refractivity contribution in [3.8, 4) is 0 Å². The molecule has 1 aromatic rings. The van der Waals surface area contributed by atoms with Crippen molar-refractivity contribution in [2.75, 3.05) is 13.2 Å². The molecule has 1 rings (SSSR count). The number of aryl methyl sites for hydroxylation is 1. The highest BCUT2D eigenvalue weighted by Gasteiger charge is 2.08. The van der Waals surface area contributed by atoms with E-state index in [4.69, 9.17) is 4.74 Å². The molecule has 0 unspecified atom stereocenters. The molecule has 0 radical (unpaired) electrons. The van der Waals surface area contributed by atoms with Gasteiger partial charge in [0.15, 0.2) is 0 Å². The Hall–Kier alpha value is -1.84. The van der Waals surface area contributed by atoms with E-state index in [1.165, 1.54) is 37.7 Å². The molecule has 4 nitrogen and oxygen atoms in total. The van der Waals surface area contributed by atoms with Gasteiger partial charge in [-0.3, -0.25) is 9.59 Å². The molecule has 1 aromatic carbocycles. The number of nitrogens with one attached hydrogen (secondary N) is 1. The zero-order valence-electron chi connectivity index (χ0n) is 15.1. The second kappa shape index (κ2) is 12.6. The summed E-state index contributed by atoms with van der Waals surface area (Å²) < 4.78 is 5.14. The topological polar surface area (TPSA) is 55.4 Å². The lowest BCUT2D eigenvalue weighted by Gasteiger charge is -2.07. The van der Waals surface area contributed by atoms with Crippen LogP contribution in [0.15, 0.2) is 24.3 Å². The van der Waals surface area contributed by atoms with Gasteiger partial charge in [0.2, 0.25) is 0 Å². The van der Waals surface area contributed by atoms with Gasteiger partial charge in [-0.15, -0.1) is 0 Å². The van der Waals surface area contributed by atoms with Crippen LogP contribution in [0.2, 0.25) is 0 Å². The van der Waals surface area contributed by atoms with Crippen LogP contribution in [0.1, 0.15) is 74.7 Å². The van der Waals surface area contributed by atoms with Crippen molar-refractivity contribution in [1.29, 1.82) is 0 Å². The summed E-state index contributed by atoms with van der Waals surface area (Å²) in [6, 6.07) is 7.40. The molecule has 4 heteroatoms. The molecule has 0 spiro atoms. The molecule has 0 aliphatic rings. The summed E-state index contributed by atoms with van der Waals surface area (Å²) in [4.78, 5) is 23.5. The standard InChI is InChI=1S/C20H31NO3/c1-3-5-6-7-8-9-10-15-24-19(22)16-21-20(23)18-13-11-17(4-2)12-14-18/h11-14H,3-10,15-16H2,1-2H3,(H,21,23). The maximum atomic E-state index is 11.9. The van der Waals surface area contributed by atoms with Crippen molar-refractivity contribution >= 4 is 11.9 Å². The normalized spacial score (nSPS) is 10.4. The Morgan fingerprint density at radius 2 is 1.54 bits per heavy atom. The molecular formula is C20H31NO3. The molecule has 0 saturated heterocycles. The van der Waals surface area contributed by atoms with Gasteiger partial charge < -0.3 is 10.1 Å². The summed E-state index contributed by atoms with van der Waals surface area (Å²) >= 11 is 0. The second-order valence-electron chi connectivity index (χ2n) is 6.07. The van der Waals surface area contributed by atoms with E-state index in [1.807, 2.05) is 12.1 Å². The second-order valence-corrected chi connectivity index (χ2v) is 6.07. The Labute approximate surface area is 146 Å². The third-order valence-electron chi connectivity index (χ3n) is 4.03. The first-order valence-electron chi connectivity index (χ1n) is 9.20. The number of esters is 1. The zero-order chi connectivity index (χ0) is 17.6. The maximum absolute atomic E-state index is 11.9. The summed E-state index contributed by atoms with van der Waals surface area (Å²) in [7, 11) is 0. The van der Waals surface area contributed by atoms with Crippen molar-refractivity contribution in [3.63, 3.8) is 0 Å². The summed E-state index contributed by atoms with van der Waals surface area (Å²) in [6.45, 7) is 4.63. The molecule has 24 heavy (non-hydrogen) atoms.